The molecular weight excluding hydrogens is 340 g/mol. The average molecular weight is 356 g/mol. The maximum Gasteiger partial charge on any atom is 0.326 e. The van der Waals surface area contributed by atoms with Gasteiger partial charge >= 0.3 is 5.97 Å². The number of carboxylic acids is 1. The number of hydrogen-bond acceptors (Lipinski definition) is 5. The van der Waals surface area contributed by atoms with Crippen molar-refractivity contribution in [2.24, 2.45) is 0 Å². The summed E-state index contributed by atoms with van der Waals surface area (Å²) in [4.78, 5) is 40.7. The van der Waals surface area contributed by atoms with Crippen LogP contribution < -0.4 is 5.56 Å². The second-order valence-electron chi connectivity index (χ2n) is 6.19. The number of aromatic amines is 1. The van der Waals surface area contributed by atoms with Gasteiger partial charge in [0.05, 0.1) is 23.2 Å². The summed E-state index contributed by atoms with van der Waals surface area (Å²) in [5.41, 5.74) is 0.615. The van der Waals surface area contributed by atoms with Crippen LogP contribution in [0.5, 0.6) is 0 Å². The number of carbonyl (C=O) groups is 2. The van der Waals surface area contributed by atoms with Gasteiger partial charge < -0.3 is 19.7 Å². The number of likely N-dealkylation sites (tertiary alicyclic amines) is 1. The number of amides is 1. The number of benzene rings is 1. The summed E-state index contributed by atoms with van der Waals surface area (Å²) in [6, 6.07) is 5.94. The topological polar surface area (TPSA) is 117 Å². The molecule has 0 radical (unpaired) electrons. The lowest BCUT2D eigenvalue weighted by Crippen LogP contribution is -2.40. The summed E-state index contributed by atoms with van der Waals surface area (Å²) >= 11 is 0. The van der Waals surface area contributed by atoms with Crippen molar-refractivity contribution in [3.05, 3.63) is 46.4 Å². The zero-order valence-corrected chi connectivity index (χ0v) is 13.9. The van der Waals surface area contributed by atoms with E-state index < -0.39 is 17.9 Å². The molecule has 1 amide bonds. The number of nitrogens with one attached hydrogen (secondary N) is 1. The number of carbonyl (C=O) groups excluding carboxylic acids is 1. The van der Waals surface area contributed by atoms with E-state index in [0.717, 1.165) is 0 Å². The van der Waals surface area contributed by atoms with E-state index in [1.165, 1.54) is 22.7 Å². The second kappa shape index (κ2) is 5.95. The summed E-state index contributed by atoms with van der Waals surface area (Å²) in [6.45, 7) is 0.168. The largest absolute Gasteiger partial charge is 0.480 e. The van der Waals surface area contributed by atoms with Gasteiger partial charge in [0.25, 0.3) is 11.5 Å². The monoisotopic (exact) mass is 356 g/mol. The van der Waals surface area contributed by atoms with Gasteiger partial charge in [0, 0.05) is 20.1 Å². The Kier molecular flexibility index (Phi) is 3.73. The molecule has 0 saturated carbocycles. The van der Waals surface area contributed by atoms with Crippen molar-refractivity contribution in [1.29, 1.82) is 0 Å². The number of nitrogens with zero attached hydrogens (tertiary/aromatic N) is 3. The highest BCUT2D eigenvalue weighted by Crippen LogP contribution is 2.24. The zero-order valence-electron chi connectivity index (χ0n) is 13.9. The predicted octanol–water partition coefficient (Wildman–Crippen LogP) is 0.490. The number of para-hydroxylation sites is 1. The van der Waals surface area contributed by atoms with E-state index in [2.05, 4.69) is 10.1 Å². The molecule has 0 aliphatic carbocycles. The fourth-order valence-electron chi connectivity index (χ4n) is 3.41. The number of H-pyrrole nitrogens is 1. The molecule has 1 aliphatic rings. The Morgan fingerprint density at radius 2 is 2.12 bits per heavy atom. The summed E-state index contributed by atoms with van der Waals surface area (Å²) in [6.07, 6.45) is 1.22. The molecule has 4 rings (SSSR count). The van der Waals surface area contributed by atoms with Gasteiger partial charge in [-0.25, -0.2) is 9.31 Å². The van der Waals surface area contributed by atoms with Crippen LogP contribution in [0.25, 0.3) is 16.6 Å². The summed E-state index contributed by atoms with van der Waals surface area (Å²) in [5, 5.41) is 14.1. The highest BCUT2D eigenvalue weighted by molar-refractivity contribution is 6.02. The summed E-state index contributed by atoms with van der Waals surface area (Å²) in [7, 11) is 1.48. The Balaban J connectivity index is 1.83. The van der Waals surface area contributed by atoms with Crippen LogP contribution in [0.4, 0.5) is 0 Å². The van der Waals surface area contributed by atoms with Crippen LogP contribution in [0, 0.1) is 0 Å². The average Bonchev–Trinajstić information content (AvgIpc) is 3.26. The van der Waals surface area contributed by atoms with E-state index in [-0.39, 0.29) is 35.8 Å². The number of carboxylic acid groups (broad SMARTS) is 1. The molecule has 2 aromatic heterocycles. The maximum absolute atomic E-state index is 13.0. The molecule has 3 aromatic rings. The first kappa shape index (κ1) is 16.3. The molecular formula is C17H16N4O5. The number of fused-ring (bicyclic) bond motifs is 3. The molecule has 134 valence electrons. The van der Waals surface area contributed by atoms with Crippen molar-refractivity contribution >= 4 is 28.4 Å². The third kappa shape index (κ3) is 2.36. The molecule has 9 heteroatoms. The van der Waals surface area contributed by atoms with Crippen LogP contribution in [-0.2, 0) is 9.53 Å². The first-order valence-electron chi connectivity index (χ1n) is 8.06. The Morgan fingerprint density at radius 1 is 1.35 bits per heavy atom. The van der Waals surface area contributed by atoms with Gasteiger partial charge in [-0.05, 0) is 12.1 Å². The Hall–Kier alpha value is -3.20. The van der Waals surface area contributed by atoms with E-state index in [9.17, 15) is 19.5 Å². The molecule has 0 bridgehead atoms. The lowest BCUT2D eigenvalue weighted by atomic mass is 10.2. The normalized spacial score (nSPS) is 20.1. The molecule has 0 spiro atoms. The van der Waals surface area contributed by atoms with Gasteiger partial charge in [-0.3, -0.25) is 9.59 Å². The van der Waals surface area contributed by atoms with E-state index in [1.807, 2.05) is 0 Å². The van der Waals surface area contributed by atoms with Crippen molar-refractivity contribution < 1.29 is 19.4 Å². The van der Waals surface area contributed by atoms with Crippen molar-refractivity contribution in [3.8, 4) is 0 Å². The third-order valence-corrected chi connectivity index (χ3v) is 4.75. The highest BCUT2D eigenvalue weighted by atomic mass is 16.5. The number of methoxy groups -OCH3 is 1. The van der Waals surface area contributed by atoms with Crippen LogP contribution in [0.3, 0.4) is 0 Å². The van der Waals surface area contributed by atoms with E-state index in [0.29, 0.717) is 10.9 Å². The molecule has 2 atom stereocenters. The maximum atomic E-state index is 13.0. The third-order valence-electron chi connectivity index (χ3n) is 4.75. The highest BCUT2D eigenvalue weighted by Gasteiger charge is 2.41. The number of rotatable bonds is 3. The van der Waals surface area contributed by atoms with Crippen molar-refractivity contribution in [3.63, 3.8) is 0 Å². The first-order valence-corrected chi connectivity index (χ1v) is 8.06. The molecule has 1 aliphatic heterocycles. The number of ether oxygens (including phenoxy) is 1. The predicted molar refractivity (Wildman–Crippen MR) is 91.2 cm³/mol. The van der Waals surface area contributed by atoms with Gasteiger partial charge in [-0.2, -0.15) is 5.10 Å². The van der Waals surface area contributed by atoms with Gasteiger partial charge in [-0.1, -0.05) is 12.1 Å². The molecule has 9 nitrogen and oxygen atoms in total. The molecule has 1 saturated heterocycles. The smallest absolute Gasteiger partial charge is 0.326 e. The molecule has 3 heterocycles. The Morgan fingerprint density at radius 3 is 2.85 bits per heavy atom. The van der Waals surface area contributed by atoms with Gasteiger partial charge in [0.15, 0.2) is 0 Å². The molecule has 1 aromatic carbocycles. The first-order chi connectivity index (χ1) is 12.5. The number of aliphatic carboxylic acids is 1. The van der Waals surface area contributed by atoms with Crippen molar-refractivity contribution in [2.75, 3.05) is 13.7 Å². The standard InChI is InChI=1S/C17H16N4O5/c1-26-9-6-13(17(24)25)20(8-9)16(23)11-7-18-21-12-5-3-2-4-10(12)15(22)19-14(11)21/h2-5,7,9,13H,6,8H2,1H3,(H,19,22)(H,24,25). The molecule has 1 fully saturated rings. The van der Waals surface area contributed by atoms with Crippen LogP contribution >= 0.6 is 0 Å². The van der Waals surface area contributed by atoms with Gasteiger partial charge in [-0.15, -0.1) is 0 Å². The van der Waals surface area contributed by atoms with Gasteiger partial charge in [0.1, 0.15) is 17.3 Å². The van der Waals surface area contributed by atoms with Crippen LogP contribution in [-0.4, -0.2) is 62.3 Å². The second-order valence-corrected chi connectivity index (χ2v) is 6.19. The van der Waals surface area contributed by atoms with E-state index in [4.69, 9.17) is 4.74 Å². The SMILES string of the molecule is COC1CC(C(=O)O)N(C(=O)c2cnn3c2[nH]c(=O)c2ccccc23)C1. The minimum Gasteiger partial charge on any atom is -0.480 e. The Bertz CT molecular complexity index is 1090. The molecule has 2 unspecified atom stereocenters. The molecule has 2 N–H and O–H groups in total. The van der Waals surface area contributed by atoms with E-state index in [1.54, 1.807) is 24.3 Å². The molecule has 26 heavy (non-hydrogen) atoms. The minimum atomic E-state index is -1.09. The number of aromatic nitrogens is 3. The van der Waals surface area contributed by atoms with Crippen molar-refractivity contribution in [2.45, 2.75) is 18.6 Å². The lowest BCUT2D eigenvalue weighted by molar-refractivity contribution is -0.141. The van der Waals surface area contributed by atoms with E-state index >= 15 is 0 Å². The fourth-order valence-corrected chi connectivity index (χ4v) is 3.41. The summed E-state index contributed by atoms with van der Waals surface area (Å²) in [5.74, 6) is -1.59. The Labute approximate surface area is 146 Å². The van der Waals surface area contributed by atoms with Crippen LogP contribution in [0.2, 0.25) is 0 Å². The van der Waals surface area contributed by atoms with Crippen LogP contribution in [0.15, 0.2) is 35.3 Å². The van der Waals surface area contributed by atoms with Crippen molar-refractivity contribution in [1.82, 2.24) is 19.5 Å². The van der Waals surface area contributed by atoms with Gasteiger partial charge in [0.2, 0.25) is 0 Å². The fraction of sp³-hybridized carbons (Fsp3) is 0.294. The summed E-state index contributed by atoms with van der Waals surface area (Å²) < 4.78 is 6.69. The zero-order chi connectivity index (χ0) is 18.4. The minimum absolute atomic E-state index is 0.149. The van der Waals surface area contributed by atoms with Crippen LogP contribution in [0.1, 0.15) is 16.8 Å². The lowest BCUT2D eigenvalue weighted by Gasteiger charge is -2.20. The quantitative estimate of drug-likeness (QED) is 0.705. The number of hydrogen-bond donors (Lipinski definition) is 2.